The van der Waals surface area contributed by atoms with E-state index in [0.717, 1.165) is 6.42 Å². The fraction of sp³-hybridized carbons (Fsp3) is 0.684. The fourth-order valence-corrected chi connectivity index (χ4v) is 3.92. The monoisotopic (exact) mass is 288 g/mol. The minimum Gasteiger partial charge on any atom is -0.323 e. The number of hydrogen-bond donors (Lipinski definition) is 1. The first-order valence-corrected chi connectivity index (χ1v) is 8.70. The number of benzene rings is 1. The fourth-order valence-electron chi connectivity index (χ4n) is 3.92. The number of nitrogens with two attached hydrogens (primary N) is 1. The number of rotatable bonds is 6. The Morgan fingerprint density at radius 2 is 1.62 bits per heavy atom. The number of hydrogen-bond acceptors (Lipinski definition) is 2. The lowest BCUT2D eigenvalue weighted by Gasteiger charge is -2.45. The molecule has 0 radical (unpaired) electrons. The molecule has 0 amide bonds. The molecular formula is C19H32N2. The Labute approximate surface area is 130 Å². The van der Waals surface area contributed by atoms with Gasteiger partial charge in [0.25, 0.3) is 0 Å². The van der Waals surface area contributed by atoms with Gasteiger partial charge >= 0.3 is 0 Å². The molecule has 1 aromatic carbocycles. The molecular weight excluding hydrogens is 256 g/mol. The van der Waals surface area contributed by atoms with Gasteiger partial charge in [-0.3, -0.25) is 4.90 Å². The summed E-state index contributed by atoms with van der Waals surface area (Å²) in [7, 11) is 0. The van der Waals surface area contributed by atoms with E-state index in [2.05, 4.69) is 56.0 Å². The molecule has 0 spiro atoms. The zero-order chi connectivity index (χ0) is 15.3. The van der Waals surface area contributed by atoms with Crippen molar-refractivity contribution in [1.29, 1.82) is 0 Å². The van der Waals surface area contributed by atoms with E-state index in [-0.39, 0.29) is 6.04 Å². The first-order valence-electron chi connectivity index (χ1n) is 8.70. The van der Waals surface area contributed by atoms with Crippen LogP contribution < -0.4 is 5.73 Å². The summed E-state index contributed by atoms with van der Waals surface area (Å²) >= 11 is 0. The molecule has 2 atom stereocenters. The average Bonchev–Trinajstić information content (AvgIpc) is 2.57. The Hall–Kier alpha value is -0.860. The highest BCUT2D eigenvalue weighted by atomic mass is 15.2. The second-order valence-corrected chi connectivity index (χ2v) is 6.66. The molecule has 2 heteroatoms. The molecule has 118 valence electrons. The van der Waals surface area contributed by atoms with E-state index in [0.29, 0.717) is 11.5 Å². The molecule has 2 N–H and O–H groups in total. The predicted molar refractivity (Wildman–Crippen MR) is 91.3 cm³/mol. The second kappa shape index (κ2) is 7.42. The predicted octanol–water partition coefficient (Wildman–Crippen LogP) is 4.37. The van der Waals surface area contributed by atoms with Gasteiger partial charge in [0.05, 0.1) is 0 Å². The Bertz CT molecular complexity index is 401. The van der Waals surface area contributed by atoms with E-state index < -0.39 is 0 Å². The molecule has 21 heavy (non-hydrogen) atoms. The van der Waals surface area contributed by atoms with Gasteiger partial charge in [-0.05, 0) is 43.3 Å². The largest absolute Gasteiger partial charge is 0.323 e. The quantitative estimate of drug-likeness (QED) is 0.842. The highest BCUT2D eigenvalue weighted by molar-refractivity contribution is 5.20. The molecule has 1 aromatic rings. The van der Waals surface area contributed by atoms with Crippen LogP contribution in [0.2, 0.25) is 0 Å². The van der Waals surface area contributed by atoms with Crippen molar-refractivity contribution in [3.63, 3.8) is 0 Å². The van der Waals surface area contributed by atoms with Crippen LogP contribution in [0.4, 0.5) is 0 Å². The Balaban J connectivity index is 2.03. The van der Waals surface area contributed by atoms with Crippen molar-refractivity contribution < 1.29 is 0 Å². The van der Waals surface area contributed by atoms with Crippen molar-refractivity contribution in [2.24, 2.45) is 11.1 Å². The normalized spacial score (nSPS) is 21.9. The maximum Gasteiger partial charge on any atom is 0.0453 e. The van der Waals surface area contributed by atoms with E-state index in [1.807, 2.05) is 0 Å². The zero-order valence-electron chi connectivity index (χ0n) is 14.0. The van der Waals surface area contributed by atoms with Gasteiger partial charge in [0, 0.05) is 12.1 Å². The Morgan fingerprint density at radius 3 is 2.10 bits per heavy atom. The van der Waals surface area contributed by atoms with Gasteiger partial charge in [-0.2, -0.15) is 0 Å². The van der Waals surface area contributed by atoms with E-state index in [4.69, 9.17) is 5.73 Å². The van der Waals surface area contributed by atoms with E-state index in [1.54, 1.807) is 0 Å². The topological polar surface area (TPSA) is 29.3 Å². The number of nitrogens with zero attached hydrogens (tertiary/aromatic N) is 1. The van der Waals surface area contributed by atoms with Crippen molar-refractivity contribution in [3.05, 3.63) is 35.9 Å². The maximum atomic E-state index is 6.57. The molecule has 1 heterocycles. The molecule has 0 aromatic heterocycles. The van der Waals surface area contributed by atoms with Crippen LogP contribution in [0.5, 0.6) is 0 Å². The third-order valence-corrected chi connectivity index (χ3v) is 5.84. The van der Waals surface area contributed by atoms with Gasteiger partial charge in [-0.1, -0.05) is 63.9 Å². The van der Waals surface area contributed by atoms with E-state index >= 15 is 0 Å². The van der Waals surface area contributed by atoms with Crippen molar-refractivity contribution in [1.82, 2.24) is 4.90 Å². The first kappa shape index (κ1) is 16.5. The molecule has 1 saturated heterocycles. The summed E-state index contributed by atoms with van der Waals surface area (Å²) in [4.78, 5) is 2.64. The standard InChI is InChI=1S/C19H32N2/c1-4-17(18(20)16-10-8-7-9-11-16)21-14-12-19(5-2,6-3)13-15-21/h7-11,17-18H,4-6,12-15,20H2,1-3H3. The maximum absolute atomic E-state index is 6.57. The summed E-state index contributed by atoms with van der Waals surface area (Å²) in [6.45, 7) is 9.40. The van der Waals surface area contributed by atoms with Crippen LogP contribution in [-0.4, -0.2) is 24.0 Å². The third kappa shape index (κ3) is 3.67. The van der Waals surface area contributed by atoms with Crippen molar-refractivity contribution in [3.8, 4) is 0 Å². The van der Waals surface area contributed by atoms with Crippen molar-refractivity contribution in [2.45, 2.75) is 65.0 Å². The molecule has 0 bridgehead atoms. The van der Waals surface area contributed by atoms with Gasteiger partial charge in [0.1, 0.15) is 0 Å². The minimum atomic E-state index is 0.131. The van der Waals surface area contributed by atoms with Crippen LogP contribution >= 0.6 is 0 Å². The summed E-state index contributed by atoms with van der Waals surface area (Å²) in [6, 6.07) is 11.2. The van der Waals surface area contributed by atoms with Gasteiger partial charge < -0.3 is 5.73 Å². The lowest BCUT2D eigenvalue weighted by Crippen LogP contribution is -2.48. The lowest BCUT2D eigenvalue weighted by molar-refractivity contribution is 0.0556. The zero-order valence-corrected chi connectivity index (χ0v) is 14.0. The van der Waals surface area contributed by atoms with Crippen LogP contribution in [0.3, 0.4) is 0 Å². The first-order chi connectivity index (χ1) is 10.2. The third-order valence-electron chi connectivity index (χ3n) is 5.84. The van der Waals surface area contributed by atoms with Crippen molar-refractivity contribution in [2.75, 3.05) is 13.1 Å². The van der Waals surface area contributed by atoms with Gasteiger partial charge in [0.15, 0.2) is 0 Å². The van der Waals surface area contributed by atoms with Crippen LogP contribution in [0.15, 0.2) is 30.3 Å². The van der Waals surface area contributed by atoms with E-state index in [1.165, 1.54) is 44.3 Å². The van der Waals surface area contributed by atoms with E-state index in [9.17, 15) is 0 Å². The van der Waals surface area contributed by atoms with Gasteiger partial charge in [-0.25, -0.2) is 0 Å². The van der Waals surface area contributed by atoms with Crippen LogP contribution in [0.25, 0.3) is 0 Å². The molecule has 0 saturated carbocycles. The Morgan fingerprint density at radius 1 is 1.05 bits per heavy atom. The lowest BCUT2D eigenvalue weighted by atomic mass is 9.73. The molecule has 2 nitrogen and oxygen atoms in total. The van der Waals surface area contributed by atoms with Crippen LogP contribution in [0, 0.1) is 5.41 Å². The smallest absolute Gasteiger partial charge is 0.0453 e. The average molecular weight is 288 g/mol. The van der Waals surface area contributed by atoms with Gasteiger partial charge in [-0.15, -0.1) is 0 Å². The highest BCUT2D eigenvalue weighted by Gasteiger charge is 2.34. The number of likely N-dealkylation sites (tertiary alicyclic amines) is 1. The second-order valence-electron chi connectivity index (χ2n) is 6.66. The molecule has 1 fully saturated rings. The summed E-state index contributed by atoms with van der Waals surface area (Å²) in [5.41, 5.74) is 8.43. The molecule has 0 aliphatic carbocycles. The SMILES string of the molecule is CCC(C(N)c1ccccc1)N1CCC(CC)(CC)CC1. The molecule has 2 rings (SSSR count). The minimum absolute atomic E-state index is 0.131. The number of piperidine rings is 1. The summed E-state index contributed by atoms with van der Waals surface area (Å²) in [5.74, 6) is 0. The van der Waals surface area contributed by atoms with Gasteiger partial charge in [0.2, 0.25) is 0 Å². The highest BCUT2D eigenvalue weighted by Crippen LogP contribution is 2.39. The molecule has 1 aliphatic heterocycles. The Kier molecular flexibility index (Phi) is 5.83. The summed E-state index contributed by atoms with van der Waals surface area (Å²) < 4.78 is 0. The molecule has 2 unspecified atom stereocenters. The van der Waals surface area contributed by atoms with Crippen LogP contribution in [-0.2, 0) is 0 Å². The molecule has 1 aliphatic rings. The van der Waals surface area contributed by atoms with Crippen molar-refractivity contribution >= 4 is 0 Å². The summed E-state index contributed by atoms with van der Waals surface area (Å²) in [5, 5.41) is 0. The van der Waals surface area contributed by atoms with Crippen LogP contribution in [0.1, 0.15) is 64.5 Å². The summed E-state index contributed by atoms with van der Waals surface area (Å²) in [6.07, 6.45) is 6.43.